The Morgan fingerprint density at radius 3 is 2.52 bits per heavy atom. The van der Waals surface area contributed by atoms with Gasteiger partial charge in [-0.25, -0.2) is 0 Å². The highest BCUT2D eigenvalue weighted by Crippen LogP contribution is 2.30. The fourth-order valence-corrected chi connectivity index (χ4v) is 3.61. The molecule has 1 N–H and O–H groups in total. The van der Waals surface area contributed by atoms with Crippen LogP contribution in [0.4, 0.5) is 0 Å². The number of rotatable bonds is 2. The quantitative estimate of drug-likeness (QED) is 0.750. The Morgan fingerprint density at radius 2 is 1.83 bits per heavy atom. The number of aromatic nitrogens is 2. The molecule has 1 aromatic carbocycles. The van der Waals surface area contributed by atoms with Gasteiger partial charge in [0.2, 0.25) is 0 Å². The fourth-order valence-electron chi connectivity index (χ4n) is 3.61. The van der Waals surface area contributed by atoms with Crippen molar-refractivity contribution in [2.45, 2.75) is 20.3 Å². The van der Waals surface area contributed by atoms with Gasteiger partial charge in [0.05, 0.1) is 0 Å². The van der Waals surface area contributed by atoms with E-state index in [4.69, 9.17) is 0 Å². The first kappa shape index (κ1) is 14.3. The van der Waals surface area contributed by atoms with Crippen LogP contribution >= 0.6 is 0 Å². The maximum Gasteiger partial charge on any atom is 0.0481 e. The second-order valence-corrected chi connectivity index (χ2v) is 6.63. The Kier molecular flexibility index (Phi) is 3.38. The number of nitrogens with one attached hydrogen (secondary N) is 1. The van der Waals surface area contributed by atoms with E-state index in [-0.39, 0.29) is 0 Å². The van der Waals surface area contributed by atoms with Gasteiger partial charge in [-0.2, -0.15) is 0 Å². The van der Waals surface area contributed by atoms with Crippen LogP contribution in [-0.2, 0) is 0 Å². The molecule has 3 heterocycles. The monoisotopic (exact) mass is 305 g/mol. The molecule has 0 saturated carbocycles. The van der Waals surface area contributed by atoms with Crippen LogP contribution in [0.25, 0.3) is 22.2 Å². The highest BCUT2D eigenvalue weighted by molar-refractivity contribution is 5.93. The summed E-state index contributed by atoms with van der Waals surface area (Å²) in [5.74, 6) is 0. The highest BCUT2D eigenvalue weighted by Gasteiger charge is 2.14. The third kappa shape index (κ3) is 2.41. The van der Waals surface area contributed by atoms with Crippen molar-refractivity contribution in [2.75, 3.05) is 20.1 Å². The predicted molar refractivity (Wildman–Crippen MR) is 97.2 cm³/mol. The molecule has 0 amide bonds. The van der Waals surface area contributed by atoms with Crippen molar-refractivity contribution in [1.82, 2.24) is 14.5 Å². The topological polar surface area (TPSA) is 24.0 Å². The van der Waals surface area contributed by atoms with Crippen molar-refractivity contribution in [3.8, 4) is 5.69 Å². The van der Waals surface area contributed by atoms with Crippen LogP contribution in [0.3, 0.4) is 0 Å². The molecule has 0 bridgehead atoms. The van der Waals surface area contributed by atoms with Gasteiger partial charge in [0.1, 0.15) is 0 Å². The van der Waals surface area contributed by atoms with E-state index < -0.39 is 0 Å². The minimum atomic E-state index is 1.04. The fraction of sp³-hybridized carbons (Fsp3) is 0.300. The SMILES string of the molecule is Cc1ccc(C)n1-c1ccc2c(C3=CCN(C)CC3)c[nH]c2c1. The molecule has 3 nitrogen and oxygen atoms in total. The molecule has 0 fully saturated rings. The van der Waals surface area contributed by atoms with Crippen molar-refractivity contribution in [2.24, 2.45) is 0 Å². The zero-order valence-corrected chi connectivity index (χ0v) is 14.1. The van der Waals surface area contributed by atoms with Gasteiger partial charge >= 0.3 is 0 Å². The van der Waals surface area contributed by atoms with Crippen molar-refractivity contribution < 1.29 is 0 Å². The molecule has 3 aromatic rings. The largest absolute Gasteiger partial charge is 0.360 e. The number of hydrogen-bond donors (Lipinski definition) is 1. The van der Waals surface area contributed by atoms with Gasteiger partial charge in [-0.05, 0) is 57.2 Å². The van der Waals surface area contributed by atoms with E-state index >= 15 is 0 Å². The molecule has 1 aliphatic rings. The molecule has 2 aromatic heterocycles. The van der Waals surface area contributed by atoms with Gasteiger partial charge in [-0.3, -0.25) is 0 Å². The van der Waals surface area contributed by atoms with Crippen molar-refractivity contribution in [3.05, 3.63) is 59.6 Å². The molecule has 0 unspecified atom stereocenters. The van der Waals surface area contributed by atoms with Crippen LogP contribution in [-0.4, -0.2) is 34.6 Å². The summed E-state index contributed by atoms with van der Waals surface area (Å²) < 4.78 is 2.30. The summed E-state index contributed by atoms with van der Waals surface area (Å²) in [4.78, 5) is 5.83. The van der Waals surface area contributed by atoms with Gasteiger partial charge in [0.25, 0.3) is 0 Å². The Labute approximate surface area is 137 Å². The minimum Gasteiger partial charge on any atom is -0.360 e. The molecule has 0 atom stereocenters. The lowest BCUT2D eigenvalue weighted by atomic mass is 9.99. The van der Waals surface area contributed by atoms with E-state index in [1.165, 1.54) is 39.1 Å². The van der Waals surface area contributed by atoms with Crippen molar-refractivity contribution >= 4 is 16.5 Å². The molecular formula is C20H23N3. The number of aryl methyl sites for hydroxylation is 2. The first-order valence-electron chi connectivity index (χ1n) is 8.28. The number of likely N-dealkylation sites (N-methyl/N-ethyl adjacent to an activating group) is 1. The Morgan fingerprint density at radius 1 is 1.04 bits per heavy atom. The molecule has 0 saturated heterocycles. The van der Waals surface area contributed by atoms with Crippen LogP contribution in [0.2, 0.25) is 0 Å². The minimum absolute atomic E-state index is 1.04. The summed E-state index contributed by atoms with van der Waals surface area (Å²) in [6.45, 7) is 6.49. The van der Waals surface area contributed by atoms with Gasteiger partial charge in [0.15, 0.2) is 0 Å². The summed E-state index contributed by atoms with van der Waals surface area (Å²) >= 11 is 0. The summed E-state index contributed by atoms with van der Waals surface area (Å²) in [5.41, 5.74) is 7.81. The van der Waals surface area contributed by atoms with Crippen LogP contribution in [0, 0.1) is 13.8 Å². The number of H-pyrrole nitrogens is 1. The lowest BCUT2D eigenvalue weighted by Crippen LogP contribution is -2.23. The van der Waals surface area contributed by atoms with Crippen molar-refractivity contribution in [1.29, 1.82) is 0 Å². The summed E-state index contributed by atoms with van der Waals surface area (Å²) in [6.07, 6.45) is 5.66. The van der Waals surface area contributed by atoms with E-state index in [0.29, 0.717) is 0 Å². The van der Waals surface area contributed by atoms with E-state index in [1.54, 1.807) is 0 Å². The molecule has 1 aliphatic heterocycles. The van der Waals surface area contributed by atoms with Crippen molar-refractivity contribution in [3.63, 3.8) is 0 Å². The van der Waals surface area contributed by atoms with Crippen LogP contribution in [0.5, 0.6) is 0 Å². The van der Waals surface area contributed by atoms with Crippen LogP contribution in [0.15, 0.2) is 42.6 Å². The average molecular weight is 305 g/mol. The lowest BCUT2D eigenvalue weighted by Gasteiger charge is -2.21. The average Bonchev–Trinajstić information content (AvgIpc) is 3.11. The number of hydrogen-bond acceptors (Lipinski definition) is 1. The number of benzene rings is 1. The molecule has 0 aliphatic carbocycles. The van der Waals surface area contributed by atoms with Gasteiger partial charge < -0.3 is 14.5 Å². The summed E-state index contributed by atoms with van der Waals surface area (Å²) in [5, 5.41) is 1.33. The van der Waals surface area contributed by atoms with E-state index in [0.717, 1.165) is 19.5 Å². The van der Waals surface area contributed by atoms with Gasteiger partial charge in [-0.15, -0.1) is 0 Å². The normalized spacial score (nSPS) is 16.0. The zero-order chi connectivity index (χ0) is 16.0. The predicted octanol–water partition coefficient (Wildman–Crippen LogP) is 4.29. The van der Waals surface area contributed by atoms with E-state index in [2.05, 4.69) is 78.0 Å². The second kappa shape index (κ2) is 5.43. The molecule has 4 rings (SSSR count). The molecular weight excluding hydrogens is 282 g/mol. The highest BCUT2D eigenvalue weighted by atomic mass is 15.1. The van der Waals surface area contributed by atoms with Gasteiger partial charge in [0, 0.05) is 52.8 Å². The Bertz CT molecular complexity index is 875. The Hall–Kier alpha value is -2.26. The number of nitrogens with zero attached hydrogens (tertiary/aromatic N) is 2. The van der Waals surface area contributed by atoms with Crippen LogP contribution < -0.4 is 0 Å². The smallest absolute Gasteiger partial charge is 0.0481 e. The van der Waals surface area contributed by atoms with Gasteiger partial charge in [-0.1, -0.05) is 12.1 Å². The third-order valence-corrected chi connectivity index (χ3v) is 4.95. The molecule has 0 spiro atoms. The second-order valence-electron chi connectivity index (χ2n) is 6.63. The lowest BCUT2D eigenvalue weighted by molar-refractivity contribution is 0.370. The molecule has 3 heteroatoms. The number of aromatic amines is 1. The molecule has 118 valence electrons. The Balaban J connectivity index is 1.78. The third-order valence-electron chi connectivity index (χ3n) is 4.95. The first-order valence-corrected chi connectivity index (χ1v) is 8.28. The molecule has 0 radical (unpaired) electrons. The summed E-state index contributed by atoms with van der Waals surface area (Å²) in [7, 11) is 2.18. The molecule has 23 heavy (non-hydrogen) atoms. The maximum atomic E-state index is 3.47. The zero-order valence-electron chi connectivity index (χ0n) is 14.1. The van der Waals surface area contributed by atoms with E-state index in [9.17, 15) is 0 Å². The van der Waals surface area contributed by atoms with E-state index in [1.807, 2.05) is 0 Å². The standard InChI is InChI=1S/C20H23N3/c1-14-4-5-15(2)23(14)17-6-7-18-19(13-21-20(18)12-17)16-8-10-22(3)11-9-16/h4-8,12-13,21H,9-11H2,1-3H3. The maximum absolute atomic E-state index is 3.47. The summed E-state index contributed by atoms with van der Waals surface area (Å²) in [6, 6.07) is 11.1. The van der Waals surface area contributed by atoms with Crippen LogP contribution in [0.1, 0.15) is 23.4 Å². The first-order chi connectivity index (χ1) is 11.1. The number of fused-ring (bicyclic) bond motifs is 1.